The molecule has 3 aromatic rings. The molecule has 96 valence electrons. The predicted octanol–water partition coefficient (Wildman–Crippen LogP) is 3.24. The quantitative estimate of drug-likeness (QED) is 0.717. The Kier molecular flexibility index (Phi) is 3.19. The number of aromatic amines is 1. The van der Waals surface area contributed by atoms with Crippen LogP contribution in [0.2, 0.25) is 0 Å². The lowest BCUT2D eigenvalue weighted by atomic mass is 10.0. The van der Waals surface area contributed by atoms with E-state index in [9.17, 15) is 0 Å². The van der Waals surface area contributed by atoms with Gasteiger partial charge in [-0.25, -0.2) is 0 Å². The molecule has 4 heteroatoms. The second-order valence-corrected chi connectivity index (χ2v) is 4.90. The third-order valence-corrected chi connectivity index (χ3v) is 3.57. The van der Waals surface area contributed by atoms with Gasteiger partial charge in [0.05, 0.1) is 18.8 Å². The third kappa shape index (κ3) is 2.32. The molecule has 1 heterocycles. The van der Waals surface area contributed by atoms with Gasteiger partial charge in [0.15, 0.2) is 4.77 Å². The highest BCUT2D eigenvalue weighted by molar-refractivity contribution is 7.71. The largest absolute Gasteiger partial charge is 0.390 e. The van der Waals surface area contributed by atoms with Gasteiger partial charge < -0.3 is 14.7 Å². The van der Waals surface area contributed by atoms with Crippen LogP contribution in [0.3, 0.4) is 0 Å². The normalized spacial score (nSPS) is 11.0. The predicted molar refractivity (Wildman–Crippen MR) is 78.6 cm³/mol. The van der Waals surface area contributed by atoms with E-state index in [1.807, 2.05) is 22.9 Å². The van der Waals surface area contributed by atoms with Gasteiger partial charge in [0, 0.05) is 6.20 Å². The summed E-state index contributed by atoms with van der Waals surface area (Å²) in [5.41, 5.74) is 1.96. The molecule has 0 saturated carbocycles. The van der Waals surface area contributed by atoms with Gasteiger partial charge >= 0.3 is 0 Å². The van der Waals surface area contributed by atoms with Crippen molar-refractivity contribution in [1.82, 2.24) is 9.55 Å². The zero-order valence-corrected chi connectivity index (χ0v) is 11.2. The molecule has 0 amide bonds. The molecule has 0 radical (unpaired) electrons. The molecule has 0 saturated heterocycles. The Hall–Kier alpha value is -1.91. The van der Waals surface area contributed by atoms with E-state index in [4.69, 9.17) is 17.3 Å². The molecule has 0 aliphatic rings. The molecule has 0 fully saturated rings. The molecule has 0 unspecified atom stereocenters. The van der Waals surface area contributed by atoms with Crippen molar-refractivity contribution < 1.29 is 5.11 Å². The number of hydrogen-bond acceptors (Lipinski definition) is 2. The fourth-order valence-electron chi connectivity index (χ4n) is 2.30. The van der Waals surface area contributed by atoms with Crippen LogP contribution in [0, 0.1) is 4.77 Å². The summed E-state index contributed by atoms with van der Waals surface area (Å²) < 4.78 is 2.58. The van der Waals surface area contributed by atoms with Gasteiger partial charge in [-0.05, 0) is 28.6 Å². The molecule has 3 rings (SSSR count). The number of rotatable bonds is 3. The van der Waals surface area contributed by atoms with Crippen LogP contribution < -0.4 is 0 Å². The van der Waals surface area contributed by atoms with Crippen LogP contribution in [0.1, 0.15) is 11.3 Å². The van der Waals surface area contributed by atoms with Crippen molar-refractivity contribution in [2.75, 3.05) is 0 Å². The smallest absolute Gasteiger partial charge is 0.177 e. The Balaban J connectivity index is 2.05. The molecule has 1 aromatic heterocycles. The lowest BCUT2D eigenvalue weighted by Gasteiger charge is -2.07. The molecule has 0 bridgehead atoms. The summed E-state index contributed by atoms with van der Waals surface area (Å²) in [6, 6.07) is 14.6. The van der Waals surface area contributed by atoms with E-state index in [0.29, 0.717) is 11.3 Å². The summed E-state index contributed by atoms with van der Waals surface area (Å²) in [6.45, 7) is 0.683. The molecule has 0 aliphatic heterocycles. The van der Waals surface area contributed by atoms with Gasteiger partial charge in [-0.15, -0.1) is 0 Å². The number of imidazole rings is 1. The van der Waals surface area contributed by atoms with E-state index in [0.717, 1.165) is 5.69 Å². The van der Waals surface area contributed by atoms with Crippen molar-refractivity contribution in [1.29, 1.82) is 0 Å². The maximum Gasteiger partial charge on any atom is 0.177 e. The first-order valence-corrected chi connectivity index (χ1v) is 6.54. The number of nitrogens with zero attached hydrogens (tertiary/aromatic N) is 1. The molecule has 0 atom stereocenters. The van der Waals surface area contributed by atoms with E-state index in [2.05, 4.69) is 35.3 Å². The van der Waals surface area contributed by atoms with Gasteiger partial charge in [0.2, 0.25) is 0 Å². The highest BCUT2D eigenvalue weighted by Gasteiger charge is 2.04. The lowest BCUT2D eigenvalue weighted by molar-refractivity contribution is 0.277. The van der Waals surface area contributed by atoms with Crippen LogP contribution in [0.5, 0.6) is 0 Å². The van der Waals surface area contributed by atoms with Crippen molar-refractivity contribution >= 4 is 23.0 Å². The van der Waals surface area contributed by atoms with Crippen LogP contribution in [-0.4, -0.2) is 14.7 Å². The second kappa shape index (κ2) is 4.99. The monoisotopic (exact) mass is 270 g/mol. The van der Waals surface area contributed by atoms with Crippen LogP contribution in [0.15, 0.2) is 48.7 Å². The van der Waals surface area contributed by atoms with Gasteiger partial charge in [-0.3, -0.25) is 0 Å². The van der Waals surface area contributed by atoms with E-state index in [1.54, 1.807) is 0 Å². The topological polar surface area (TPSA) is 41.0 Å². The number of fused-ring (bicyclic) bond motifs is 1. The Bertz CT molecular complexity index is 768. The molecule has 2 N–H and O–H groups in total. The van der Waals surface area contributed by atoms with E-state index >= 15 is 0 Å². The zero-order chi connectivity index (χ0) is 13.2. The van der Waals surface area contributed by atoms with Crippen molar-refractivity contribution in [2.24, 2.45) is 0 Å². The summed E-state index contributed by atoms with van der Waals surface area (Å²) in [5, 5.41) is 11.6. The van der Waals surface area contributed by atoms with Crippen LogP contribution in [-0.2, 0) is 13.2 Å². The minimum Gasteiger partial charge on any atom is -0.390 e. The fourth-order valence-corrected chi connectivity index (χ4v) is 2.55. The highest BCUT2D eigenvalue weighted by Crippen LogP contribution is 2.19. The maximum absolute atomic E-state index is 9.12. The fraction of sp³-hybridized carbons (Fsp3) is 0.133. The average molecular weight is 270 g/mol. The average Bonchev–Trinajstić information content (AvgIpc) is 2.80. The van der Waals surface area contributed by atoms with E-state index < -0.39 is 0 Å². The Morgan fingerprint density at radius 2 is 1.89 bits per heavy atom. The first-order chi connectivity index (χ1) is 9.28. The summed E-state index contributed by atoms with van der Waals surface area (Å²) in [7, 11) is 0. The third-order valence-electron chi connectivity index (χ3n) is 3.23. The highest BCUT2D eigenvalue weighted by atomic mass is 32.1. The van der Waals surface area contributed by atoms with Crippen molar-refractivity contribution in [3.05, 3.63) is 64.7 Å². The maximum atomic E-state index is 9.12. The number of aliphatic hydroxyl groups is 1. The van der Waals surface area contributed by atoms with Gasteiger partial charge in [-0.2, -0.15) is 0 Å². The minimum atomic E-state index is -0.0216. The lowest BCUT2D eigenvalue weighted by Crippen LogP contribution is -1.99. The first kappa shape index (κ1) is 12.1. The summed E-state index contributed by atoms with van der Waals surface area (Å²) in [4.78, 5) is 2.99. The molecule has 3 nitrogen and oxygen atoms in total. The Labute approximate surface area is 116 Å². The second-order valence-electron chi connectivity index (χ2n) is 4.51. The van der Waals surface area contributed by atoms with Crippen molar-refractivity contribution in [2.45, 2.75) is 13.2 Å². The van der Waals surface area contributed by atoms with Crippen molar-refractivity contribution in [3.63, 3.8) is 0 Å². The molecule has 2 aromatic carbocycles. The molecular formula is C15H14N2OS. The van der Waals surface area contributed by atoms with Gasteiger partial charge in [0.1, 0.15) is 0 Å². The number of aliphatic hydroxyl groups excluding tert-OH is 1. The first-order valence-electron chi connectivity index (χ1n) is 6.14. The molecule has 19 heavy (non-hydrogen) atoms. The zero-order valence-electron chi connectivity index (χ0n) is 10.3. The summed E-state index contributed by atoms with van der Waals surface area (Å²) >= 11 is 5.26. The number of aromatic nitrogens is 2. The van der Waals surface area contributed by atoms with Crippen LogP contribution in [0.4, 0.5) is 0 Å². The van der Waals surface area contributed by atoms with Crippen LogP contribution >= 0.6 is 12.2 Å². The van der Waals surface area contributed by atoms with Gasteiger partial charge in [-0.1, -0.05) is 42.5 Å². The molecule has 0 spiro atoms. The van der Waals surface area contributed by atoms with Crippen LogP contribution in [0.25, 0.3) is 10.8 Å². The van der Waals surface area contributed by atoms with E-state index in [-0.39, 0.29) is 6.61 Å². The van der Waals surface area contributed by atoms with Gasteiger partial charge in [0.25, 0.3) is 0 Å². The molecular weight excluding hydrogens is 256 g/mol. The molecule has 0 aliphatic carbocycles. The Morgan fingerprint density at radius 3 is 2.68 bits per heavy atom. The summed E-state index contributed by atoms with van der Waals surface area (Å²) in [6.07, 6.45) is 1.87. The standard InChI is InChI=1S/C15H14N2OS/c18-10-13-9-17(15(19)16-13)8-12-6-3-5-11-4-1-2-7-14(11)12/h1-7,9,18H,8,10H2,(H,16,19). The SMILES string of the molecule is OCc1cn(Cc2cccc3ccccc23)c(=S)[nH]1. The summed E-state index contributed by atoms with van der Waals surface area (Å²) in [5.74, 6) is 0. The van der Waals surface area contributed by atoms with Crippen molar-refractivity contribution in [3.8, 4) is 0 Å². The Morgan fingerprint density at radius 1 is 1.11 bits per heavy atom. The minimum absolute atomic E-state index is 0.0216. The number of hydrogen-bond donors (Lipinski definition) is 2. The van der Waals surface area contributed by atoms with E-state index in [1.165, 1.54) is 16.3 Å². The number of nitrogens with one attached hydrogen (secondary N) is 1. The number of H-pyrrole nitrogens is 1. The number of benzene rings is 2.